The lowest BCUT2D eigenvalue weighted by atomic mass is 9.95. The van der Waals surface area contributed by atoms with Crippen LogP contribution >= 0.6 is 11.6 Å². The van der Waals surface area contributed by atoms with E-state index in [1.54, 1.807) is 6.07 Å². The van der Waals surface area contributed by atoms with Crippen LogP contribution in [-0.4, -0.2) is 0 Å². The van der Waals surface area contributed by atoms with Crippen LogP contribution in [0.2, 0.25) is 5.02 Å². The first-order valence-electron chi connectivity index (χ1n) is 4.43. The average Bonchev–Trinajstić information content (AvgIpc) is 2.83. The van der Waals surface area contributed by atoms with Crippen LogP contribution in [0, 0.1) is 23.1 Å². The third-order valence-electron chi connectivity index (χ3n) is 2.94. The zero-order chi connectivity index (χ0) is 10.3. The van der Waals surface area contributed by atoms with Crippen LogP contribution in [0.4, 0.5) is 4.39 Å². The molecule has 2 unspecified atom stereocenters. The Morgan fingerprint density at radius 3 is 2.93 bits per heavy atom. The van der Waals surface area contributed by atoms with E-state index in [0.717, 1.165) is 6.42 Å². The maximum Gasteiger partial charge on any atom is 0.127 e. The minimum absolute atomic E-state index is 0.0736. The Morgan fingerprint density at radius 1 is 1.64 bits per heavy atom. The Morgan fingerprint density at radius 2 is 2.36 bits per heavy atom. The van der Waals surface area contributed by atoms with Gasteiger partial charge in [-0.15, -0.1) is 0 Å². The monoisotopic (exact) mass is 209 g/mol. The Bertz CT molecular complexity index is 424. The molecule has 0 heterocycles. The summed E-state index contributed by atoms with van der Waals surface area (Å²) in [5.41, 5.74) is 0.237. The standard InChI is InChI=1S/C11H9ClFN/c1-11(5-7(11)6-14)9-4-8(12)2-3-10(9)13/h2-4,7H,5H2,1H3. The second-order valence-electron chi connectivity index (χ2n) is 3.93. The lowest BCUT2D eigenvalue weighted by Gasteiger charge is -2.10. The van der Waals surface area contributed by atoms with Gasteiger partial charge in [0.25, 0.3) is 0 Å². The number of hydrogen-bond donors (Lipinski definition) is 0. The third-order valence-corrected chi connectivity index (χ3v) is 3.17. The normalized spacial score (nSPS) is 29.7. The van der Waals surface area contributed by atoms with Crippen LogP contribution in [0.1, 0.15) is 18.9 Å². The highest BCUT2D eigenvalue weighted by atomic mass is 35.5. The lowest BCUT2D eigenvalue weighted by Crippen LogP contribution is -2.06. The molecule has 1 aromatic rings. The van der Waals surface area contributed by atoms with Crippen molar-refractivity contribution in [3.05, 3.63) is 34.6 Å². The van der Waals surface area contributed by atoms with Crippen molar-refractivity contribution in [2.45, 2.75) is 18.8 Å². The summed E-state index contributed by atoms with van der Waals surface area (Å²) in [5, 5.41) is 9.28. The van der Waals surface area contributed by atoms with E-state index in [2.05, 4.69) is 6.07 Å². The van der Waals surface area contributed by atoms with Crippen molar-refractivity contribution in [3.8, 4) is 6.07 Å². The molecule has 2 atom stereocenters. The van der Waals surface area contributed by atoms with Crippen LogP contribution in [0.15, 0.2) is 18.2 Å². The van der Waals surface area contributed by atoms with Gasteiger partial charge in [-0.05, 0) is 30.2 Å². The molecule has 1 saturated carbocycles. The molecule has 2 rings (SSSR count). The molecule has 0 aromatic heterocycles. The van der Waals surface area contributed by atoms with E-state index in [0.29, 0.717) is 10.6 Å². The van der Waals surface area contributed by atoms with Gasteiger partial charge in [0.1, 0.15) is 5.82 Å². The maximum absolute atomic E-state index is 13.4. The highest BCUT2D eigenvalue weighted by Crippen LogP contribution is 2.54. The second kappa shape index (κ2) is 2.96. The van der Waals surface area contributed by atoms with E-state index in [-0.39, 0.29) is 17.2 Å². The van der Waals surface area contributed by atoms with Gasteiger partial charge in [0.05, 0.1) is 12.0 Å². The fraction of sp³-hybridized carbons (Fsp3) is 0.364. The van der Waals surface area contributed by atoms with Gasteiger partial charge >= 0.3 is 0 Å². The van der Waals surface area contributed by atoms with Gasteiger partial charge < -0.3 is 0 Å². The zero-order valence-electron chi connectivity index (χ0n) is 7.72. The predicted octanol–water partition coefficient (Wildman–Crippen LogP) is 3.28. The SMILES string of the molecule is CC1(c2cc(Cl)ccc2F)CC1C#N. The summed E-state index contributed by atoms with van der Waals surface area (Å²) in [5.74, 6) is -0.342. The molecule has 0 N–H and O–H groups in total. The van der Waals surface area contributed by atoms with Crippen LogP contribution in [0.25, 0.3) is 0 Å². The Balaban J connectivity index is 2.44. The fourth-order valence-corrected chi connectivity index (χ4v) is 1.96. The first-order valence-corrected chi connectivity index (χ1v) is 4.81. The molecule has 1 nitrogen and oxygen atoms in total. The molecule has 1 aliphatic carbocycles. The Hall–Kier alpha value is -1.07. The zero-order valence-corrected chi connectivity index (χ0v) is 8.48. The van der Waals surface area contributed by atoms with E-state index < -0.39 is 0 Å². The molecule has 14 heavy (non-hydrogen) atoms. The van der Waals surface area contributed by atoms with E-state index in [9.17, 15) is 4.39 Å². The lowest BCUT2D eigenvalue weighted by molar-refractivity contribution is 0.579. The van der Waals surface area contributed by atoms with E-state index in [1.807, 2.05) is 6.92 Å². The minimum atomic E-state index is -0.330. The molecular weight excluding hydrogens is 201 g/mol. The van der Waals surface area contributed by atoms with Gasteiger partial charge in [0, 0.05) is 10.4 Å². The van der Waals surface area contributed by atoms with Gasteiger partial charge in [0.15, 0.2) is 0 Å². The average molecular weight is 210 g/mol. The summed E-state index contributed by atoms with van der Waals surface area (Å²) in [7, 11) is 0. The largest absolute Gasteiger partial charge is 0.207 e. The van der Waals surface area contributed by atoms with Crippen molar-refractivity contribution in [1.82, 2.24) is 0 Å². The summed E-state index contributed by atoms with van der Waals surface area (Å²) < 4.78 is 13.4. The van der Waals surface area contributed by atoms with Gasteiger partial charge in [-0.2, -0.15) is 5.26 Å². The van der Waals surface area contributed by atoms with Crippen molar-refractivity contribution >= 4 is 11.6 Å². The molecule has 0 saturated heterocycles. The number of rotatable bonds is 1. The van der Waals surface area contributed by atoms with E-state index in [1.165, 1.54) is 12.1 Å². The highest BCUT2D eigenvalue weighted by Gasteiger charge is 2.53. The first kappa shape index (κ1) is 9.48. The molecule has 72 valence electrons. The number of hydrogen-bond acceptors (Lipinski definition) is 1. The van der Waals surface area contributed by atoms with Crippen LogP contribution in [-0.2, 0) is 5.41 Å². The maximum atomic E-state index is 13.4. The molecule has 0 radical (unpaired) electrons. The first-order chi connectivity index (χ1) is 6.58. The van der Waals surface area contributed by atoms with Crippen LogP contribution < -0.4 is 0 Å². The minimum Gasteiger partial charge on any atom is -0.207 e. The van der Waals surface area contributed by atoms with Crippen molar-refractivity contribution in [1.29, 1.82) is 5.26 Å². The Kier molecular flexibility index (Phi) is 2.01. The smallest absolute Gasteiger partial charge is 0.127 e. The van der Waals surface area contributed by atoms with Gasteiger partial charge in [-0.1, -0.05) is 18.5 Å². The molecule has 0 amide bonds. The van der Waals surface area contributed by atoms with Crippen molar-refractivity contribution in [2.24, 2.45) is 5.92 Å². The summed E-state index contributed by atoms with van der Waals surface area (Å²) in [6.07, 6.45) is 0.723. The van der Waals surface area contributed by atoms with Crippen LogP contribution in [0.3, 0.4) is 0 Å². The van der Waals surface area contributed by atoms with Gasteiger partial charge in [-0.25, -0.2) is 4.39 Å². The molecule has 3 heteroatoms. The van der Waals surface area contributed by atoms with Crippen LogP contribution in [0.5, 0.6) is 0 Å². The quantitative estimate of drug-likeness (QED) is 0.697. The molecule has 0 spiro atoms. The van der Waals surface area contributed by atoms with Crippen molar-refractivity contribution in [2.75, 3.05) is 0 Å². The fourth-order valence-electron chi connectivity index (χ4n) is 1.79. The topological polar surface area (TPSA) is 23.8 Å². The summed E-state index contributed by atoms with van der Waals surface area (Å²) in [6, 6.07) is 6.66. The van der Waals surface area contributed by atoms with E-state index >= 15 is 0 Å². The second-order valence-corrected chi connectivity index (χ2v) is 4.36. The third kappa shape index (κ3) is 1.29. The number of nitrogens with zero attached hydrogens (tertiary/aromatic N) is 1. The number of benzene rings is 1. The molecular formula is C11H9ClFN. The number of halogens is 2. The van der Waals surface area contributed by atoms with Crippen molar-refractivity contribution < 1.29 is 4.39 Å². The summed E-state index contributed by atoms with van der Waals surface area (Å²) >= 11 is 5.79. The van der Waals surface area contributed by atoms with Gasteiger partial charge in [0.2, 0.25) is 0 Å². The summed E-state index contributed by atoms with van der Waals surface area (Å²) in [4.78, 5) is 0. The molecule has 0 bridgehead atoms. The van der Waals surface area contributed by atoms with Crippen molar-refractivity contribution in [3.63, 3.8) is 0 Å². The molecule has 0 aliphatic heterocycles. The molecule has 1 aromatic carbocycles. The molecule has 1 fully saturated rings. The van der Waals surface area contributed by atoms with Gasteiger partial charge in [-0.3, -0.25) is 0 Å². The predicted molar refractivity (Wildman–Crippen MR) is 52.5 cm³/mol. The summed E-state index contributed by atoms with van der Waals surface area (Å²) in [6.45, 7) is 1.90. The van der Waals surface area contributed by atoms with E-state index in [4.69, 9.17) is 16.9 Å². The number of nitriles is 1. The molecule has 1 aliphatic rings. The highest BCUT2D eigenvalue weighted by molar-refractivity contribution is 6.30. The Labute approximate surface area is 87.1 Å².